The van der Waals surface area contributed by atoms with E-state index in [2.05, 4.69) is 54.2 Å². The van der Waals surface area contributed by atoms with Crippen LogP contribution in [0.2, 0.25) is 0 Å². The summed E-state index contributed by atoms with van der Waals surface area (Å²) in [7, 11) is 1.69. The number of rotatable bonds is 5. The second kappa shape index (κ2) is 6.41. The van der Waals surface area contributed by atoms with Crippen LogP contribution in [0.4, 0.5) is 0 Å². The second-order valence-electron chi connectivity index (χ2n) is 5.25. The summed E-state index contributed by atoms with van der Waals surface area (Å²) in [5, 5.41) is 3.49. The fourth-order valence-corrected chi connectivity index (χ4v) is 2.21. The van der Waals surface area contributed by atoms with E-state index in [4.69, 9.17) is 4.74 Å². The standard InChI is InChI=1S/C14H22BrNO/c1-14(2,3)16-9-5-6-11-7-8-13(17-4)12(15)10-11/h7-8,10,16H,5-6,9H2,1-4H3. The predicted octanol–water partition coefficient (Wildman–Crippen LogP) is 3.78. The Morgan fingerprint density at radius 2 is 2.00 bits per heavy atom. The number of methoxy groups -OCH3 is 1. The van der Waals surface area contributed by atoms with E-state index in [1.807, 2.05) is 6.07 Å². The van der Waals surface area contributed by atoms with Crippen molar-refractivity contribution in [2.24, 2.45) is 0 Å². The topological polar surface area (TPSA) is 21.3 Å². The van der Waals surface area contributed by atoms with Gasteiger partial charge in [-0.05, 0) is 73.8 Å². The van der Waals surface area contributed by atoms with Gasteiger partial charge in [0.15, 0.2) is 0 Å². The van der Waals surface area contributed by atoms with Crippen LogP contribution in [0.3, 0.4) is 0 Å². The second-order valence-corrected chi connectivity index (χ2v) is 6.10. The van der Waals surface area contributed by atoms with Gasteiger partial charge >= 0.3 is 0 Å². The summed E-state index contributed by atoms with van der Waals surface area (Å²) in [6.07, 6.45) is 2.24. The lowest BCUT2D eigenvalue weighted by Gasteiger charge is -2.20. The smallest absolute Gasteiger partial charge is 0.133 e. The van der Waals surface area contributed by atoms with E-state index in [9.17, 15) is 0 Å². The molecule has 0 bridgehead atoms. The number of hydrogen-bond acceptors (Lipinski definition) is 2. The van der Waals surface area contributed by atoms with Gasteiger partial charge in [0.05, 0.1) is 11.6 Å². The summed E-state index contributed by atoms with van der Waals surface area (Å²) >= 11 is 3.51. The first-order valence-electron chi connectivity index (χ1n) is 6.00. The Bertz CT molecular complexity index is 358. The van der Waals surface area contributed by atoms with Crippen molar-refractivity contribution in [1.29, 1.82) is 0 Å². The van der Waals surface area contributed by atoms with Crippen LogP contribution in [-0.4, -0.2) is 19.2 Å². The molecule has 0 spiro atoms. The monoisotopic (exact) mass is 299 g/mol. The lowest BCUT2D eigenvalue weighted by atomic mass is 10.1. The minimum absolute atomic E-state index is 0.209. The van der Waals surface area contributed by atoms with E-state index in [-0.39, 0.29) is 5.54 Å². The average molecular weight is 300 g/mol. The number of nitrogens with one attached hydrogen (secondary N) is 1. The third kappa shape index (κ3) is 5.55. The Morgan fingerprint density at radius 1 is 1.29 bits per heavy atom. The molecular formula is C14H22BrNO. The van der Waals surface area contributed by atoms with Gasteiger partial charge in [-0.2, -0.15) is 0 Å². The molecule has 1 rings (SSSR count). The van der Waals surface area contributed by atoms with Gasteiger partial charge in [-0.3, -0.25) is 0 Å². The summed E-state index contributed by atoms with van der Waals surface area (Å²) in [6.45, 7) is 7.62. The van der Waals surface area contributed by atoms with Crippen LogP contribution in [0.15, 0.2) is 22.7 Å². The molecule has 0 aliphatic heterocycles. The van der Waals surface area contributed by atoms with Crippen LogP contribution >= 0.6 is 15.9 Å². The summed E-state index contributed by atoms with van der Waals surface area (Å²) < 4.78 is 6.24. The first kappa shape index (κ1) is 14.5. The third-order valence-corrected chi connectivity index (χ3v) is 3.13. The predicted molar refractivity (Wildman–Crippen MR) is 76.8 cm³/mol. The maximum atomic E-state index is 5.21. The van der Waals surface area contributed by atoms with E-state index in [0.29, 0.717) is 0 Å². The van der Waals surface area contributed by atoms with Gasteiger partial charge < -0.3 is 10.1 Å². The Labute approximate surface area is 113 Å². The van der Waals surface area contributed by atoms with Crippen molar-refractivity contribution in [2.75, 3.05) is 13.7 Å². The fraction of sp³-hybridized carbons (Fsp3) is 0.571. The molecule has 0 unspecified atom stereocenters. The minimum atomic E-state index is 0.209. The Balaban J connectivity index is 2.40. The van der Waals surface area contributed by atoms with Crippen molar-refractivity contribution in [3.05, 3.63) is 28.2 Å². The highest BCUT2D eigenvalue weighted by Gasteiger charge is 2.07. The Hall–Kier alpha value is -0.540. The molecule has 3 heteroatoms. The van der Waals surface area contributed by atoms with Crippen LogP contribution in [-0.2, 0) is 6.42 Å². The Kier molecular flexibility index (Phi) is 5.47. The molecule has 0 aliphatic carbocycles. The van der Waals surface area contributed by atoms with E-state index in [1.165, 1.54) is 5.56 Å². The maximum absolute atomic E-state index is 5.21. The quantitative estimate of drug-likeness (QED) is 0.836. The molecule has 1 aromatic rings. The molecule has 2 nitrogen and oxygen atoms in total. The molecule has 0 heterocycles. The van der Waals surface area contributed by atoms with Gasteiger partial charge in [0, 0.05) is 5.54 Å². The maximum Gasteiger partial charge on any atom is 0.133 e. The van der Waals surface area contributed by atoms with Crippen LogP contribution in [0.25, 0.3) is 0 Å². The van der Waals surface area contributed by atoms with Crippen molar-refractivity contribution in [3.8, 4) is 5.75 Å². The van der Waals surface area contributed by atoms with Gasteiger partial charge in [-0.25, -0.2) is 0 Å². The third-order valence-electron chi connectivity index (χ3n) is 2.51. The van der Waals surface area contributed by atoms with Crippen molar-refractivity contribution in [3.63, 3.8) is 0 Å². The summed E-state index contributed by atoms with van der Waals surface area (Å²) in [5.74, 6) is 0.890. The number of hydrogen-bond donors (Lipinski definition) is 1. The largest absolute Gasteiger partial charge is 0.496 e. The molecule has 1 aromatic carbocycles. The first-order valence-corrected chi connectivity index (χ1v) is 6.79. The van der Waals surface area contributed by atoms with Gasteiger partial charge in [-0.1, -0.05) is 6.07 Å². The highest BCUT2D eigenvalue weighted by atomic mass is 79.9. The molecule has 0 fully saturated rings. The van der Waals surface area contributed by atoms with Crippen molar-refractivity contribution in [2.45, 2.75) is 39.2 Å². The molecule has 96 valence electrons. The molecule has 0 radical (unpaired) electrons. The zero-order valence-electron chi connectivity index (χ0n) is 11.1. The van der Waals surface area contributed by atoms with Crippen LogP contribution in [0.1, 0.15) is 32.8 Å². The molecule has 0 saturated carbocycles. The van der Waals surface area contributed by atoms with Crippen molar-refractivity contribution < 1.29 is 4.74 Å². The van der Waals surface area contributed by atoms with Gasteiger partial charge in [-0.15, -0.1) is 0 Å². The average Bonchev–Trinajstić information content (AvgIpc) is 2.23. The van der Waals surface area contributed by atoms with Gasteiger partial charge in [0.1, 0.15) is 5.75 Å². The number of halogens is 1. The zero-order valence-corrected chi connectivity index (χ0v) is 12.7. The van der Waals surface area contributed by atoms with Crippen molar-refractivity contribution in [1.82, 2.24) is 5.32 Å². The first-order chi connectivity index (χ1) is 7.92. The van der Waals surface area contributed by atoms with Crippen LogP contribution in [0, 0.1) is 0 Å². The molecule has 17 heavy (non-hydrogen) atoms. The van der Waals surface area contributed by atoms with E-state index in [0.717, 1.165) is 29.6 Å². The minimum Gasteiger partial charge on any atom is -0.496 e. The molecule has 0 saturated heterocycles. The zero-order chi connectivity index (χ0) is 12.9. The lowest BCUT2D eigenvalue weighted by molar-refractivity contribution is 0.411. The van der Waals surface area contributed by atoms with E-state index < -0.39 is 0 Å². The fourth-order valence-electron chi connectivity index (χ4n) is 1.62. The van der Waals surface area contributed by atoms with E-state index >= 15 is 0 Å². The highest BCUT2D eigenvalue weighted by molar-refractivity contribution is 9.10. The summed E-state index contributed by atoms with van der Waals surface area (Å²) in [4.78, 5) is 0. The number of ether oxygens (including phenoxy) is 1. The number of aryl methyl sites for hydroxylation is 1. The number of benzene rings is 1. The molecule has 0 aliphatic rings. The van der Waals surface area contributed by atoms with Crippen LogP contribution in [0.5, 0.6) is 5.75 Å². The molecule has 0 amide bonds. The SMILES string of the molecule is COc1ccc(CCCNC(C)(C)C)cc1Br. The van der Waals surface area contributed by atoms with E-state index in [1.54, 1.807) is 7.11 Å². The highest BCUT2D eigenvalue weighted by Crippen LogP contribution is 2.25. The molecule has 0 atom stereocenters. The van der Waals surface area contributed by atoms with Gasteiger partial charge in [0.2, 0.25) is 0 Å². The molecule has 0 aromatic heterocycles. The molecular weight excluding hydrogens is 278 g/mol. The van der Waals surface area contributed by atoms with Crippen LogP contribution < -0.4 is 10.1 Å². The lowest BCUT2D eigenvalue weighted by Crippen LogP contribution is -2.36. The Morgan fingerprint density at radius 3 is 2.53 bits per heavy atom. The van der Waals surface area contributed by atoms with Gasteiger partial charge in [0.25, 0.3) is 0 Å². The van der Waals surface area contributed by atoms with Crippen molar-refractivity contribution >= 4 is 15.9 Å². The summed E-state index contributed by atoms with van der Waals surface area (Å²) in [6, 6.07) is 6.27. The normalized spacial score (nSPS) is 11.6. The summed E-state index contributed by atoms with van der Waals surface area (Å²) in [5.41, 5.74) is 1.55. The molecule has 1 N–H and O–H groups in total.